The van der Waals surface area contributed by atoms with Gasteiger partial charge in [-0.2, -0.15) is 0 Å². The Morgan fingerprint density at radius 2 is 1.97 bits per heavy atom. The maximum Gasteiger partial charge on any atom is 0.309 e. The van der Waals surface area contributed by atoms with E-state index in [0.29, 0.717) is 23.6 Å². The number of carbonyl (C=O) groups excluding carboxylic acids is 1. The van der Waals surface area contributed by atoms with Crippen LogP contribution in [0.25, 0.3) is 17.2 Å². The molecular weight excluding hydrogens is 401 g/mol. The summed E-state index contributed by atoms with van der Waals surface area (Å²) in [5.74, 6) is -0.904. The van der Waals surface area contributed by atoms with Crippen molar-refractivity contribution in [2.75, 3.05) is 6.61 Å². The van der Waals surface area contributed by atoms with Crippen LogP contribution in [0.15, 0.2) is 66.9 Å². The average Bonchev–Trinajstić information content (AvgIpc) is 3.12. The summed E-state index contributed by atoms with van der Waals surface area (Å²) in [5.41, 5.74) is 4.29. The van der Waals surface area contributed by atoms with Crippen LogP contribution in [0.1, 0.15) is 22.7 Å². The highest BCUT2D eigenvalue weighted by Gasteiger charge is 2.46. The van der Waals surface area contributed by atoms with Gasteiger partial charge in [-0.05, 0) is 53.5 Å². The number of pyridine rings is 1. The first-order chi connectivity index (χ1) is 14.6. The lowest BCUT2D eigenvalue weighted by atomic mass is 9.70. The average molecular weight is 420 g/mol. The number of fused-ring (bicyclic) bond motifs is 2. The van der Waals surface area contributed by atoms with E-state index in [4.69, 9.17) is 16.3 Å². The van der Waals surface area contributed by atoms with Crippen LogP contribution in [-0.4, -0.2) is 17.6 Å². The highest BCUT2D eigenvalue weighted by Crippen LogP contribution is 2.45. The Hall–Kier alpha value is -2.98. The molecule has 1 fully saturated rings. The number of hydrogen-bond acceptors (Lipinski definition) is 3. The van der Waals surface area contributed by atoms with E-state index in [0.717, 1.165) is 22.4 Å². The minimum atomic E-state index is -0.232. The fourth-order valence-electron chi connectivity index (χ4n) is 4.53. The van der Waals surface area contributed by atoms with Gasteiger partial charge in [0.1, 0.15) is 5.82 Å². The molecule has 1 aromatic heterocycles. The summed E-state index contributed by atoms with van der Waals surface area (Å²) in [4.78, 5) is 16.7. The fraction of sp³-hybridized carbons (Fsp3) is 0.200. The molecule has 5 heteroatoms. The number of halogens is 2. The lowest BCUT2D eigenvalue weighted by molar-refractivity contribution is -0.141. The Labute approximate surface area is 179 Å². The van der Waals surface area contributed by atoms with Gasteiger partial charge in [-0.3, -0.25) is 9.78 Å². The van der Waals surface area contributed by atoms with Crippen LogP contribution >= 0.6 is 11.6 Å². The molecule has 3 atom stereocenters. The molecule has 150 valence electrons. The second-order valence-electron chi connectivity index (χ2n) is 7.78. The second-order valence-corrected chi connectivity index (χ2v) is 8.22. The van der Waals surface area contributed by atoms with Crippen LogP contribution in [0.5, 0.6) is 0 Å². The van der Waals surface area contributed by atoms with Crippen LogP contribution in [0.2, 0.25) is 5.02 Å². The Morgan fingerprint density at radius 3 is 2.77 bits per heavy atom. The molecule has 1 saturated heterocycles. The zero-order valence-corrected chi connectivity index (χ0v) is 16.9. The Balaban J connectivity index is 1.45. The van der Waals surface area contributed by atoms with Crippen molar-refractivity contribution in [1.82, 2.24) is 4.98 Å². The molecule has 0 spiro atoms. The summed E-state index contributed by atoms with van der Waals surface area (Å²) < 4.78 is 20.0. The zero-order chi connectivity index (χ0) is 20.7. The van der Waals surface area contributed by atoms with Gasteiger partial charge in [-0.15, -0.1) is 0 Å². The first-order valence-corrected chi connectivity index (χ1v) is 10.3. The molecule has 1 aliphatic heterocycles. The molecule has 0 amide bonds. The lowest BCUT2D eigenvalue weighted by Gasteiger charge is -2.31. The number of esters is 1. The number of allylic oxidation sites excluding steroid dienone is 1. The number of cyclic esters (lactones) is 1. The van der Waals surface area contributed by atoms with E-state index in [9.17, 15) is 9.18 Å². The number of ether oxygens (including phenoxy) is 1. The Morgan fingerprint density at radius 1 is 1.10 bits per heavy atom. The molecule has 3 aromatic rings. The van der Waals surface area contributed by atoms with Gasteiger partial charge >= 0.3 is 5.97 Å². The molecule has 1 aliphatic carbocycles. The fourth-order valence-corrected chi connectivity index (χ4v) is 4.72. The van der Waals surface area contributed by atoms with Gasteiger partial charge in [0.2, 0.25) is 0 Å². The standard InChI is InChI=1S/C25H19ClFNO2/c26-18-5-1-3-15(11-18)17-7-8-19(28-13-17)9-10-20-22-14-30-25(29)21(22)12-16-4-2-6-23(27)24(16)20/h1-11,13,20-22H,12,14H2/b10-9+/t20-,21+,22-/m1/s1. The monoisotopic (exact) mass is 419 g/mol. The summed E-state index contributed by atoms with van der Waals surface area (Å²) >= 11 is 6.07. The van der Waals surface area contributed by atoms with E-state index in [-0.39, 0.29) is 29.5 Å². The Bertz CT molecular complexity index is 1140. The SMILES string of the molecule is O=C1OC[C@H]2[C@@H]1Cc1cccc(F)c1[C@@H]2/C=C/c1ccc(-c2cccc(Cl)c2)cn1. The van der Waals surface area contributed by atoms with Gasteiger partial charge in [0.05, 0.1) is 18.2 Å². The van der Waals surface area contributed by atoms with Crippen LogP contribution in [0.4, 0.5) is 4.39 Å². The molecule has 5 rings (SSSR count). The van der Waals surface area contributed by atoms with E-state index >= 15 is 0 Å². The van der Waals surface area contributed by atoms with Gasteiger partial charge in [0, 0.05) is 28.6 Å². The van der Waals surface area contributed by atoms with E-state index in [2.05, 4.69) is 4.98 Å². The minimum absolute atomic E-state index is 0.0520. The van der Waals surface area contributed by atoms with Gasteiger partial charge < -0.3 is 4.74 Å². The number of hydrogen-bond donors (Lipinski definition) is 0. The van der Waals surface area contributed by atoms with E-state index in [1.807, 2.05) is 54.6 Å². The quantitative estimate of drug-likeness (QED) is 0.512. The third-order valence-corrected chi connectivity index (χ3v) is 6.27. The highest BCUT2D eigenvalue weighted by atomic mass is 35.5. The summed E-state index contributed by atoms with van der Waals surface area (Å²) in [6.45, 7) is 0.327. The molecule has 3 nitrogen and oxygen atoms in total. The summed E-state index contributed by atoms with van der Waals surface area (Å²) in [6, 6.07) is 16.6. The third kappa shape index (κ3) is 3.41. The van der Waals surface area contributed by atoms with Crippen molar-refractivity contribution in [2.24, 2.45) is 11.8 Å². The molecule has 0 N–H and O–H groups in total. The normalized spacial score (nSPS) is 22.6. The molecule has 2 aliphatic rings. The Kier molecular flexibility index (Phi) is 4.87. The lowest BCUT2D eigenvalue weighted by Crippen LogP contribution is -2.30. The van der Waals surface area contributed by atoms with Crippen molar-refractivity contribution >= 4 is 23.6 Å². The minimum Gasteiger partial charge on any atom is -0.465 e. The van der Waals surface area contributed by atoms with Crippen molar-refractivity contribution in [3.05, 3.63) is 94.5 Å². The highest BCUT2D eigenvalue weighted by molar-refractivity contribution is 6.30. The van der Waals surface area contributed by atoms with E-state index in [1.165, 1.54) is 6.07 Å². The van der Waals surface area contributed by atoms with Gasteiger partial charge in [-0.1, -0.05) is 48.0 Å². The van der Waals surface area contributed by atoms with Gasteiger partial charge in [0.25, 0.3) is 0 Å². The number of nitrogens with zero attached hydrogens (tertiary/aromatic N) is 1. The van der Waals surface area contributed by atoms with Crippen molar-refractivity contribution in [2.45, 2.75) is 12.3 Å². The zero-order valence-electron chi connectivity index (χ0n) is 16.1. The van der Waals surface area contributed by atoms with Crippen molar-refractivity contribution < 1.29 is 13.9 Å². The molecule has 0 bridgehead atoms. The smallest absolute Gasteiger partial charge is 0.309 e. The number of carbonyl (C=O) groups is 1. The van der Waals surface area contributed by atoms with E-state index < -0.39 is 0 Å². The van der Waals surface area contributed by atoms with Gasteiger partial charge in [0.15, 0.2) is 0 Å². The molecule has 0 saturated carbocycles. The number of benzene rings is 2. The number of aromatic nitrogens is 1. The summed E-state index contributed by atoms with van der Waals surface area (Å²) in [7, 11) is 0. The molecule has 0 unspecified atom stereocenters. The number of rotatable bonds is 3. The predicted molar refractivity (Wildman–Crippen MR) is 115 cm³/mol. The van der Waals surface area contributed by atoms with Crippen LogP contribution in [0.3, 0.4) is 0 Å². The first kappa shape index (κ1) is 19.0. The van der Waals surface area contributed by atoms with Crippen LogP contribution < -0.4 is 0 Å². The largest absolute Gasteiger partial charge is 0.465 e. The van der Waals surface area contributed by atoms with Crippen molar-refractivity contribution in [1.29, 1.82) is 0 Å². The maximum atomic E-state index is 14.7. The topological polar surface area (TPSA) is 39.2 Å². The summed E-state index contributed by atoms with van der Waals surface area (Å²) in [5, 5.41) is 0.678. The summed E-state index contributed by atoms with van der Waals surface area (Å²) in [6.07, 6.45) is 6.19. The molecule has 30 heavy (non-hydrogen) atoms. The third-order valence-electron chi connectivity index (χ3n) is 6.03. The molecular formula is C25H19ClFNO2. The van der Waals surface area contributed by atoms with E-state index in [1.54, 1.807) is 12.3 Å². The van der Waals surface area contributed by atoms with Crippen LogP contribution in [-0.2, 0) is 16.0 Å². The van der Waals surface area contributed by atoms with Crippen molar-refractivity contribution in [3.8, 4) is 11.1 Å². The predicted octanol–water partition coefficient (Wildman–Crippen LogP) is 5.68. The maximum absolute atomic E-state index is 14.7. The molecule has 2 heterocycles. The first-order valence-electron chi connectivity index (χ1n) is 9.94. The van der Waals surface area contributed by atoms with Gasteiger partial charge in [-0.25, -0.2) is 4.39 Å². The van der Waals surface area contributed by atoms with Crippen LogP contribution in [0, 0.1) is 17.7 Å². The molecule has 2 aromatic carbocycles. The molecule has 0 radical (unpaired) electrons. The second kappa shape index (κ2) is 7.69. The van der Waals surface area contributed by atoms with Crippen molar-refractivity contribution in [3.63, 3.8) is 0 Å².